The predicted octanol–water partition coefficient (Wildman–Crippen LogP) is 6.21. The summed E-state index contributed by atoms with van der Waals surface area (Å²) in [5, 5.41) is 12.8. The Morgan fingerprint density at radius 1 is 1.02 bits per heavy atom. The lowest BCUT2D eigenvalue weighted by Crippen LogP contribution is -2.51. The quantitative estimate of drug-likeness (QED) is 0.393. The van der Waals surface area contributed by atoms with Crippen LogP contribution in [0.25, 0.3) is 0 Å². The van der Waals surface area contributed by atoms with Crippen LogP contribution in [-0.2, 0) is 23.7 Å². The Balaban J connectivity index is 1.88. The van der Waals surface area contributed by atoms with Crippen LogP contribution in [0.3, 0.4) is 0 Å². The first-order chi connectivity index (χ1) is 18.7. The van der Waals surface area contributed by atoms with Gasteiger partial charge < -0.3 is 20.2 Å². The number of rotatable bonds is 6. The average molecular weight is 592 g/mol. The summed E-state index contributed by atoms with van der Waals surface area (Å²) < 4.78 is 93.8. The number of nitrogens with one attached hydrogen (secondary N) is 1. The summed E-state index contributed by atoms with van der Waals surface area (Å²) in [5.74, 6) is -0.906. The molecule has 2 aromatic rings. The fourth-order valence-electron chi connectivity index (χ4n) is 4.98. The van der Waals surface area contributed by atoms with E-state index >= 15 is 0 Å². The monoisotopic (exact) mass is 591 g/mol. The zero-order valence-corrected chi connectivity index (χ0v) is 23.0. The van der Waals surface area contributed by atoms with Crippen LogP contribution in [-0.4, -0.2) is 52.1 Å². The van der Waals surface area contributed by atoms with Crippen LogP contribution in [0.5, 0.6) is 0 Å². The van der Waals surface area contributed by atoms with Gasteiger partial charge in [0.15, 0.2) is 0 Å². The number of carbonyl (C=O) groups excluding carboxylic acids is 2. The fourth-order valence-corrected chi connectivity index (χ4v) is 4.98. The van der Waals surface area contributed by atoms with Crippen molar-refractivity contribution in [3.63, 3.8) is 0 Å². The lowest BCUT2D eigenvalue weighted by Gasteiger charge is -2.42. The van der Waals surface area contributed by atoms with Gasteiger partial charge in [-0.15, -0.1) is 0 Å². The van der Waals surface area contributed by atoms with Crippen molar-refractivity contribution in [3.05, 3.63) is 70.0 Å². The number of aryl methyl sites for hydroxylation is 1. The van der Waals surface area contributed by atoms with Crippen molar-refractivity contribution < 1.29 is 45.4 Å². The molecule has 2 atom stereocenters. The number of benzene rings is 2. The molecule has 41 heavy (non-hydrogen) atoms. The van der Waals surface area contributed by atoms with E-state index in [4.69, 9.17) is 0 Å². The Morgan fingerprint density at radius 2 is 1.61 bits per heavy atom. The molecule has 226 valence electrons. The molecule has 0 radical (unpaired) electrons. The molecular formula is C28H32F7N3O3. The van der Waals surface area contributed by atoms with Crippen molar-refractivity contribution in [3.8, 4) is 0 Å². The van der Waals surface area contributed by atoms with Gasteiger partial charge in [-0.05, 0) is 80.6 Å². The van der Waals surface area contributed by atoms with E-state index in [1.165, 1.54) is 44.0 Å². The Bertz CT molecular complexity index is 1240. The Kier molecular flexibility index (Phi) is 9.31. The van der Waals surface area contributed by atoms with Gasteiger partial charge in [0.05, 0.1) is 29.2 Å². The summed E-state index contributed by atoms with van der Waals surface area (Å²) in [5.41, 5.74) is -3.46. The minimum atomic E-state index is -5.03. The summed E-state index contributed by atoms with van der Waals surface area (Å²) >= 11 is 0. The van der Waals surface area contributed by atoms with E-state index < -0.39 is 65.5 Å². The molecule has 0 aromatic heterocycles. The number of nitrogens with zero attached hydrogens (tertiary/aromatic N) is 2. The van der Waals surface area contributed by atoms with Crippen LogP contribution in [0.2, 0.25) is 0 Å². The maximum atomic E-state index is 13.9. The number of alkyl halides is 6. The second-order valence-electron chi connectivity index (χ2n) is 11.0. The standard InChI is InChI=1S/C28H32F7N3O3/c1-16-9-20(29)5-6-22(16)23-13-21(36-24(39)14-26(2,3)41)7-8-38(23)25(40)37(4)15-17-10-18(27(30,31)32)12-19(11-17)28(33,34)35/h5-6,9-12,21,23,41H,7-8,13-15H2,1-4H3,(H,36,39)/t21-,23+/m0/s1. The Hall–Kier alpha value is -3.35. The molecule has 0 spiro atoms. The first-order valence-corrected chi connectivity index (χ1v) is 12.8. The summed E-state index contributed by atoms with van der Waals surface area (Å²) in [6, 6.07) is 3.41. The maximum absolute atomic E-state index is 13.9. The van der Waals surface area contributed by atoms with Crippen LogP contribution < -0.4 is 5.32 Å². The van der Waals surface area contributed by atoms with Gasteiger partial charge >= 0.3 is 18.4 Å². The molecule has 1 aliphatic heterocycles. The largest absolute Gasteiger partial charge is 0.416 e. The molecule has 3 amide bonds. The maximum Gasteiger partial charge on any atom is 0.416 e. The first-order valence-electron chi connectivity index (χ1n) is 12.8. The molecule has 1 heterocycles. The number of piperidine rings is 1. The summed E-state index contributed by atoms with van der Waals surface area (Å²) in [6.45, 7) is 4.16. The van der Waals surface area contributed by atoms with Gasteiger partial charge in [0, 0.05) is 26.2 Å². The van der Waals surface area contributed by atoms with Crippen LogP contribution >= 0.6 is 0 Å². The van der Waals surface area contributed by atoms with Crippen molar-refractivity contribution in [2.75, 3.05) is 13.6 Å². The second kappa shape index (κ2) is 11.9. The van der Waals surface area contributed by atoms with E-state index in [1.807, 2.05) is 0 Å². The predicted molar refractivity (Wildman–Crippen MR) is 136 cm³/mol. The number of urea groups is 1. The Morgan fingerprint density at radius 3 is 2.12 bits per heavy atom. The topological polar surface area (TPSA) is 72.9 Å². The van der Waals surface area contributed by atoms with E-state index in [0.717, 1.165) is 4.90 Å². The van der Waals surface area contributed by atoms with Crippen LogP contribution in [0.4, 0.5) is 35.5 Å². The molecule has 2 aromatic carbocycles. The lowest BCUT2D eigenvalue weighted by atomic mass is 9.89. The highest BCUT2D eigenvalue weighted by Gasteiger charge is 2.38. The van der Waals surface area contributed by atoms with Gasteiger partial charge in [-0.2, -0.15) is 26.3 Å². The van der Waals surface area contributed by atoms with Crippen LogP contribution in [0.15, 0.2) is 36.4 Å². The van der Waals surface area contributed by atoms with Crippen molar-refractivity contribution >= 4 is 11.9 Å². The third-order valence-electron chi connectivity index (χ3n) is 6.79. The van der Waals surface area contributed by atoms with Crippen molar-refractivity contribution in [1.82, 2.24) is 15.1 Å². The van der Waals surface area contributed by atoms with Gasteiger partial charge in [-0.1, -0.05) is 6.07 Å². The van der Waals surface area contributed by atoms with Gasteiger partial charge in [-0.25, -0.2) is 9.18 Å². The SMILES string of the molecule is Cc1cc(F)ccc1[C@H]1C[C@@H](NC(=O)CC(C)(C)O)CCN1C(=O)N(C)Cc1cc(C(F)(F)F)cc(C(F)(F)F)c1. The third-order valence-corrected chi connectivity index (χ3v) is 6.79. The minimum Gasteiger partial charge on any atom is -0.390 e. The van der Waals surface area contributed by atoms with Gasteiger partial charge in [-0.3, -0.25) is 4.79 Å². The number of halogens is 7. The van der Waals surface area contributed by atoms with Gasteiger partial charge in [0.25, 0.3) is 0 Å². The van der Waals surface area contributed by atoms with E-state index in [9.17, 15) is 45.4 Å². The van der Waals surface area contributed by atoms with Gasteiger partial charge in [0.1, 0.15) is 5.82 Å². The van der Waals surface area contributed by atoms with Crippen molar-refractivity contribution in [2.24, 2.45) is 0 Å². The first kappa shape index (κ1) is 32.2. The molecule has 0 saturated carbocycles. The minimum absolute atomic E-state index is 0.0235. The highest BCUT2D eigenvalue weighted by atomic mass is 19.4. The lowest BCUT2D eigenvalue weighted by molar-refractivity contribution is -0.143. The van der Waals surface area contributed by atoms with E-state index in [2.05, 4.69) is 5.32 Å². The number of hydrogen-bond donors (Lipinski definition) is 2. The molecular weight excluding hydrogens is 559 g/mol. The molecule has 6 nitrogen and oxygen atoms in total. The molecule has 1 aliphatic rings. The smallest absolute Gasteiger partial charge is 0.390 e. The molecule has 0 aliphatic carbocycles. The summed E-state index contributed by atoms with van der Waals surface area (Å²) in [7, 11) is 1.27. The number of hydrogen-bond acceptors (Lipinski definition) is 3. The molecule has 13 heteroatoms. The van der Waals surface area contributed by atoms with Gasteiger partial charge in [0.2, 0.25) is 5.91 Å². The number of amides is 3. The third kappa shape index (κ3) is 8.57. The van der Waals surface area contributed by atoms with E-state index in [1.54, 1.807) is 6.92 Å². The van der Waals surface area contributed by atoms with Crippen molar-refractivity contribution in [2.45, 2.75) is 76.6 Å². The zero-order chi connectivity index (χ0) is 30.9. The van der Waals surface area contributed by atoms with Crippen molar-refractivity contribution in [1.29, 1.82) is 0 Å². The van der Waals surface area contributed by atoms with Crippen LogP contribution in [0, 0.1) is 12.7 Å². The Labute approximate surface area is 233 Å². The average Bonchev–Trinajstić information content (AvgIpc) is 2.81. The number of aliphatic hydroxyl groups is 1. The molecule has 0 unspecified atom stereocenters. The highest BCUT2D eigenvalue weighted by Crippen LogP contribution is 2.37. The normalized spacial score (nSPS) is 18.3. The summed E-state index contributed by atoms with van der Waals surface area (Å²) in [4.78, 5) is 28.4. The highest BCUT2D eigenvalue weighted by molar-refractivity contribution is 5.77. The molecule has 1 saturated heterocycles. The molecule has 2 N–H and O–H groups in total. The summed E-state index contributed by atoms with van der Waals surface area (Å²) in [6.07, 6.45) is -9.70. The zero-order valence-electron chi connectivity index (χ0n) is 23.0. The number of carbonyl (C=O) groups is 2. The second-order valence-corrected chi connectivity index (χ2v) is 11.0. The van der Waals surface area contributed by atoms with E-state index in [-0.39, 0.29) is 31.0 Å². The van der Waals surface area contributed by atoms with E-state index in [0.29, 0.717) is 29.7 Å². The van der Waals surface area contributed by atoms with Crippen LogP contribution in [0.1, 0.15) is 67.0 Å². The molecule has 3 rings (SSSR count). The number of likely N-dealkylation sites (tertiary alicyclic amines) is 1. The molecule has 1 fully saturated rings. The fraction of sp³-hybridized carbons (Fsp3) is 0.500. The molecule has 0 bridgehead atoms.